The van der Waals surface area contributed by atoms with Crippen LogP contribution in [0.5, 0.6) is 23.0 Å². The van der Waals surface area contributed by atoms with Gasteiger partial charge in [0.25, 0.3) is 0 Å². The number of rotatable bonds is 7. The van der Waals surface area contributed by atoms with Gasteiger partial charge in [-0.2, -0.15) is 0 Å². The minimum Gasteiger partial charge on any atom is -1.00 e. The predicted molar refractivity (Wildman–Crippen MR) is 112 cm³/mol. The number of halogens is 1. The maximum atomic E-state index is 11.8. The zero-order valence-corrected chi connectivity index (χ0v) is 19.2. The van der Waals surface area contributed by atoms with E-state index >= 15 is 0 Å². The van der Waals surface area contributed by atoms with Crippen molar-refractivity contribution in [3.05, 3.63) is 64.7 Å². The highest BCUT2D eigenvalue weighted by Crippen LogP contribution is 2.35. The van der Waals surface area contributed by atoms with E-state index in [1.807, 2.05) is 29.7 Å². The summed E-state index contributed by atoms with van der Waals surface area (Å²) in [5, 5.41) is 30.5. The van der Waals surface area contributed by atoms with Crippen LogP contribution in [0.15, 0.2) is 36.4 Å². The third kappa shape index (κ3) is 4.49. The van der Waals surface area contributed by atoms with Crippen molar-refractivity contribution in [2.75, 3.05) is 13.9 Å². The summed E-state index contributed by atoms with van der Waals surface area (Å²) in [5.41, 5.74) is 2.89. The summed E-state index contributed by atoms with van der Waals surface area (Å²) in [6.07, 6.45) is -0.265. The van der Waals surface area contributed by atoms with Gasteiger partial charge in [-0.3, -0.25) is 4.79 Å². The molecule has 1 aliphatic rings. The van der Waals surface area contributed by atoms with Gasteiger partial charge in [-0.05, 0) is 40.1 Å². The molecule has 3 aromatic rings. The number of carboxylic acids is 1. The van der Waals surface area contributed by atoms with Gasteiger partial charge in [-0.15, -0.1) is 0 Å². The summed E-state index contributed by atoms with van der Waals surface area (Å²) >= 11 is 0. The van der Waals surface area contributed by atoms with Crippen LogP contribution < -0.4 is 31.2 Å². The zero-order valence-electron chi connectivity index (χ0n) is 18.4. The molecule has 0 aliphatic carbocycles. The lowest BCUT2D eigenvalue weighted by Gasteiger charge is -2.15. The molecule has 0 fully saturated rings. The predicted octanol–water partition coefficient (Wildman–Crippen LogP) is -0.268. The number of phenolic OH excluding ortho intramolecular Hbond substituents is 1. The second-order valence-electron chi connectivity index (χ2n) is 7.70. The smallest absolute Gasteiger partial charge is 0.305 e. The quantitative estimate of drug-likeness (QED) is 0.318. The van der Waals surface area contributed by atoms with Gasteiger partial charge in [-0.1, -0.05) is 12.1 Å². The number of aliphatic carboxylic acids is 1. The molecule has 33 heavy (non-hydrogen) atoms. The first-order chi connectivity index (χ1) is 15.3. The molecular formula is C23H25ClN2O7. The summed E-state index contributed by atoms with van der Waals surface area (Å²) in [5.74, 6) is 0.184. The molecule has 2 aromatic carbocycles. The van der Waals surface area contributed by atoms with Gasteiger partial charge in [-0.25, -0.2) is 4.57 Å². The number of carboxylic acid groups (broad SMARTS) is 1. The maximum Gasteiger partial charge on any atom is 0.305 e. The van der Waals surface area contributed by atoms with E-state index in [1.165, 1.54) is 13.2 Å². The molecule has 0 saturated carbocycles. The standard InChI is InChI=1S/C23H24N2O7.ClH/c1-13-14(2)25(29)23(24(13)11-15-4-7-19-21(8-15)32-12-31-19)17(10-22(27)28)16-5-6-18(26)20(9-16)30-3;/h4-9,17H,10-12H2,1-3H3,(H2-,26,27,28,29);1H. The zero-order chi connectivity index (χ0) is 23.0. The number of imidazole rings is 1. The Balaban J connectivity index is 0.00000306. The summed E-state index contributed by atoms with van der Waals surface area (Å²) in [4.78, 5) is 11.8. The molecule has 0 bridgehead atoms. The fourth-order valence-electron chi connectivity index (χ4n) is 4.01. The van der Waals surface area contributed by atoms with E-state index in [-0.39, 0.29) is 37.1 Å². The molecule has 0 spiro atoms. The topological polar surface area (TPSA) is 114 Å². The Morgan fingerprint density at radius 2 is 1.91 bits per heavy atom. The molecule has 0 saturated heterocycles. The van der Waals surface area contributed by atoms with Crippen LogP contribution in [0, 0.1) is 13.8 Å². The second-order valence-corrected chi connectivity index (χ2v) is 7.70. The Kier molecular flexibility index (Phi) is 6.92. The van der Waals surface area contributed by atoms with Gasteiger partial charge >= 0.3 is 11.8 Å². The largest absolute Gasteiger partial charge is 1.00 e. The van der Waals surface area contributed by atoms with E-state index in [0.717, 1.165) is 16.0 Å². The Bertz CT molecular complexity index is 1190. The van der Waals surface area contributed by atoms with Gasteiger partial charge in [0.2, 0.25) is 6.79 Å². The monoisotopic (exact) mass is 476 g/mol. The summed E-state index contributed by atoms with van der Waals surface area (Å²) < 4.78 is 19.0. The average molecular weight is 477 g/mol. The first-order valence-electron chi connectivity index (χ1n) is 10.1. The highest BCUT2D eigenvalue weighted by Gasteiger charge is 2.36. The molecule has 1 aliphatic heterocycles. The van der Waals surface area contributed by atoms with Crippen molar-refractivity contribution in [1.29, 1.82) is 0 Å². The number of methoxy groups -OCH3 is 1. The van der Waals surface area contributed by atoms with Crippen molar-refractivity contribution in [3.63, 3.8) is 0 Å². The fraction of sp³-hybridized carbons (Fsp3) is 0.304. The number of ether oxygens (including phenoxy) is 3. The van der Waals surface area contributed by atoms with E-state index in [4.69, 9.17) is 14.2 Å². The van der Waals surface area contributed by atoms with E-state index in [2.05, 4.69) is 0 Å². The van der Waals surface area contributed by atoms with Crippen molar-refractivity contribution in [2.45, 2.75) is 32.7 Å². The summed E-state index contributed by atoms with van der Waals surface area (Å²) in [6.45, 7) is 4.20. The molecule has 1 unspecified atom stereocenters. The molecule has 0 amide bonds. The van der Waals surface area contributed by atoms with E-state index < -0.39 is 11.9 Å². The van der Waals surface area contributed by atoms with Crippen LogP contribution in [0.4, 0.5) is 0 Å². The van der Waals surface area contributed by atoms with Gasteiger partial charge < -0.3 is 42.0 Å². The average Bonchev–Trinajstić information content (AvgIpc) is 3.31. The van der Waals surface area contributed by atoms with Crippen LogP contribution in [0.3, 0.4) is 0 Å². The van der Waals surface area contributed by atoms with Crippen molar-refractivity contribution >= 4 is 5.97 Å². The van der Waals surface area contributed by atoms with Crippen LogP contribution in [-0.2, 0) is 11.3 Å². The summed E-state index contributed by atoms with van der Waals surface area (Å²) in [6, 6.07) is 10.3. The number of fused-ring (bicyclic) bond motifs is 1. The van der Waals surface area contributed by atoms with Crippen molar-refractivity contribution in [3.8, 4) is 23.0 Å². The first-order valence-corrected chi connectivity index (χ1v) is 10.1. The van der Waals surface area contributed by atoms with E-state index in [9.17, 15) is 20.2 Å². The number of carbonyl (C=O) groups is 1. The van der Waals surface area contributed by atoms with Crippen molar-refractivity contribution in [1.82, 2.24) is 4.73 Å². The lowest BCUT2D eigenvalue weighted by molar-refractivity contribution is -0.703. The molecule has 0 radical (unpaired) electrons. The van der Waals surface area contributed by atoms with Gasteiger partial charge in [0.05, 0.1) is 19.4 Å². The molecule has 1 aromatic heterocycles. The van der Waals surface area contributed by atoms with Crippen LogP contribution in [0.2, 0.25) is 0 Å². The molecule has 2 heterocycles. The normalized spacial score (nSPS) is 12.8. The fourth-order valence-corrected chi connectivity index (χ4v) is 4.01. The molecule has 176 valence electrons. The Morgan fingerprint density at radius 1 is 1.18 bits per heavy atom. The van der Waals surface area contributed by atoms with Gasteiger partial charge in [0.1, 0.15) is 12.2 Å². The number of aromatic hydroxyl groups is 1. The van der Waals surface area contributed by atoms with Gasteiger partial charge in [0, 0.05) is 13.8 Å². The number of nitrogens with zero attached hydrogens (tertiary/aromatic N) is 2. The Morgan fingerprint density at radius 3 is 2.61 bits per heavy atom. The van der Waals surface area contributed by atoms with Crippen molar-refractivity contribution < 1.29 is 51.4 Å². The number of phenols is 1. The molecule has 1 atom stereocenters. The number of hydrogen-bond acceptors (Lipinski definition) is 6. The highest BCUT2D eigenvalue weighted by molar-refractivity contribution is 5.68. The molecular weight excluding hydrogens is 452 g/mol. The molecule has 3 N–H and O–H groups in total. The lowest BCUT2D eigenvalue weighted by Crippen LogP contribution is -3.00. The first kappa shape index (κ1) is 24.1. The van der Waals surface area contributed by atoms with E-state index in [1.54, 1.807) is 19.1 Å². The minimum atomic E-state index is -1.02. The lowest BCUT2D eigenvalue weighted by atomic mass is 9.94. The molecule has 4 rings (SSSR count). The summed E-state index contributed by atoms with van der Waals surface area (Å²) in [7, 11) is 1.42. The van der Waals surface area contributed by atoms with Crippen LogP contribution >= 0.6 is 0 Å². The Hall–Kier alpha value is -3.59. The second kappa shape index (κ2) is 9.50. The Labute approximate surface area is 196 Å². The third-order valence-electron chi connectivity index (χ3n) is 5.81. The van der Waals surface area contributed by atoms with Crippen LogP contribution in [-0.4, -0.2) is 40.0 Å². The number of aromatic nitrogens is 2. The molecule has 10 heteroatoms. The number of benzene rings is 2. The van der Waals surface area contributed by atoms with Gasteiger partial charge in [0.15, 0.2) is 28.7 Å². The van der Waals surface area contributed by atoms with Crippen LogP contribution in [0.1, 0.15) is 40.7 Å². The highest BCUT2D eigenvalue weighted by atomic mass is 35.5. The maximum absolute atomic E-state index is 11.8. The molecule has 9 nitrogen and oxygen atoms in total. The van der Waals surface area contributed by atoms with E-state index in [0.29, 0.717) is 35.1 Å². The number of hydrogen-bond donors (Lipinski definition) is 3. The SMILES string of the molecule is COc1cc(C(CC(=O)O)c2n(O)c(C)c(C)[n+]2Cc2ccc3c(c2)OCO3)ccc1O.[Cl-]. The third-order valence-corrected chi connectivity index (χ3v) is 5.81. The van der Waals surface area contributed by atoms with Crippen molar-refractivity contribution in [2.24, 2.45) is 0 Å². The van der Waals surface area contributed by atoms with Crippen LogP contribution in [0.25, 0.3) is 0 Å². The minimum absolute atomic E-state index is 0.